The molecule has 116 valence electrons. The molecule has 6 nitrogen and oxygen atoms in total. The van der Waals surface area contributed by atoms with Gasteiger partial charge in [-0.3, -0.25) is 5.01 Å². The molecule has 2 aliphatic rings. The Hall–Kier alpha value is -1.90. The SMILES string of the molecule is Nc1nc2c3c(n1)N(Cc1ccc4ncsc4c1)NC3CCS2. The van der Waals surface area contributed by atoms with E-state index >= 15 is 0 Å². The first kappa shape index (κ1) is 13.5. The molecule has 0 spiro atoms. The number of thioether (sulfide) groups is 1. The standard InChI is InChI=1S/C15H14N6S2/c16-15-18-13-12-10(3-4-22-14(12)19-15)20-21(13)6-8-1-2-9-11(5-8)23-7-17-9/h1-2,5,7,10,20H,3-4,6H2,(H2,16,18,19). The first-order valence-electron chi connectivity index (χ1n) is 7.44. The van der Waals surface area contributed by atoms with Crippen LogP contribution in [-0.2, 0) is 6.54 Å². The van der Waals surface area contributed by atoms with Gasteiger partial charge in [0.25, 0.3) is 0 Å². The minimum absolute atomic E-state index is 0.300. The maximum atomic E-state index is 5.90. The summed E-state index contributed by atoms with van der Waals surface area (Å²) in [6.07, 6.45) is 1.09. The summed E-state index contributed by atoms with van der Waals surface area (Å²) >= 11 is 3.43. The number of nitrogens with zero attached hydrogens (tertiary/aromatic N) is 4. The number of anilines is 2. The summed E-state index contributed by atoms with van der Waals surface area (Å²) in [5.74, 6) is 2.33. The van der Waals surface area contributed by atoms with E-state index in [4.69, 9.17) is 5.73 Å². The number of hydrogen-bond acceptors (Lipinski definition) is 8. The Morgan fingerprint density at radius 1 is 1.35 bits per heavy atom. The van der Waals surface area contributed by atoms with Gasteiger partial charge in [0.15, 0.2) is 5.82 Å². The lowest BCUT2D eigenvalue weighted by molar-refractivity contribution is 0.523. The zero-order chi connectivity index (χ0) is 15.4. The first-order chi connectivity index (χ1) is 11.3. The number of rotatable bonds is 2. The number of nitrogen functional groups attached to an aromatic ring is 1. The molecule has 0 aliphatic carbocycles. The molecule has 0 bridgehead atoms. The number of benzene rings is 1. The summed E-state index contributed by atoms with van der Waals surface area (Å²) in [5.41, 5.74) is 14.8. The van der Waals surface area contributed by atoms with E-state index in [1.165, 1.54) is 15.8 Å². The maximum Gasteiger partial charge on any atom is 0.223 e. The Kier molecular flexibility index (Phi) is 2.97. The summed E-state index contributed by atoms with van der Waals surface area (Å²) in [6.45, 7) is 0.748. The second-order valence-electron chi connectivity index (χ2n) is 5.68. The molecule has 2 aliphatic heterocycles. The van der Waals surface area contributed by atoms with Crippen LogP contribution in [0.3, 0.4) is 0 Å². The number of nitrogens with two attached hydrogens (primary N) is 1. The average Bonchev–Trinajstić information content (AvgIpc) is 3.13. The number of aromatic nitrogens is 3. The molecule has 1 unspecified atom stereocenters. The molecular weight excluding hydrogens is 328 g/mol. The van der Waals surface area contributed by atoms with Crippen LogP contribution in [0.1, 0.15) is 23.6 Å². The van der Waals surface area contributed by atoms with Crippen molar-refractivity contribution in [3.63, 3.8) is 0 Å². The summed E-state index contributed by atoms with van der Waals surface area (Å²) in [6, 6.07) is 6.69. The van der Waals surface area contributed by atoms with Gasteiger partial charge in [-0.25, -0.2) is 15.4 Å². The molecular formula is C15H14N6S2. The third-order valence-corrected chi connectivity index (χ3v) is 6.02. The number of hydrogen-bond donors (Lipinski definition) is 2. The van der Waals surface area contributed by atoms with Crippen LogP contribution >= 0.6 is 23.1 Å². The fraction of sp³-hybridized carbons (Fsp3) is 0.267. The highest BCUT2D eigenvalue weighted by Gasteiger charge is 2.35. The highest BCUT2D eigenvalue weighted by Crippen LogP contribution is 2.44. The predicted molar refractivity (Wildman–Crippen MR) is 93.5 cm³/mol. The maximum absolute atomic E-state index is 5.90. The van der Waals surface area contributed by atoms with Crippen LogP contribution in [0.15, 0.2) is 28.7 Å². The average molecular weight is 342 g/mol. The lowest BCUT2D eigenvalue weighted by Gasteiger charge is -2.20. The molecule has 0 amide bonds. The predicted octanol–water partition coefficient (Wildman–Crippen LogP) is 2.73. The molecule has 1 aromatic carbocycles. The third kappa shape index (κ3) is 2.17. The Labute approximate surface area is 141 Å². The van der Waals surface area contributed by atoms with Crippen molar-refractivity contribution < 1.29 is 0 Å². The molecule has 0 saturated heterocycles. The van der Waals surface area contributed by atoms with Crippen molar-refractivity contribution in [1.29, 1.82) is 0 Å². The monoisotopic (exact) mass is 342 g/mol. The van der Waals surface area contributed by atoms with Gasteiger partial charge in [0.2, 0.25) is 5.95 Å². The van der Waals surface area contributed by atoms with Gasteiger partial charge in [-0.1, -0.05) is 6.07 Å². The Bertz CT molecular complexity index is 908. The minimum Gasteiger partial charge on any atom is -0.368 e. The fourth-order valence-electron chi connectivity index (χ4n) is 3.17. The molecule has 0 radical (unpaired) electrons. The lowest BCUT2D eigenvalue weighted by atomic mass is 10.1. The fourth-order valence-corrected chi connectivity index (χ4v) is 5.01. The van der Waals surface area contributed by atoms with Gasteiger partial charge in [-0.15, -0.1) is 23.1 Å². The van der Waals surface area contributed by atoms with Gasteiger partial charge in [0.05, 0.1) is 28.3 Å². The van der Waals surface area contributed by atoms with Crippen molar-refractivity contribution in [3.8, 4) is 0 Å². The topological polar surface area (TPSA) is 80.0 Å². The zero-order valence-electron chi connectivity index (χ0n) is 12.2. The third-order valence-electron chi connectivity index (χ3n) is 4.21. The van der Waals surface area contributed by atoms with E-state index in [9.17, 15) is 0 Å². The van der Waals surface area contributed by atoms with Crippen LogP contribution in [0.4, 0.5) is 11.8 Å². The number of thiazole rings is 1. The lowest BCUT2D eigenvalue weighted by Crippen LogP contribution is -2.34. The van der Waals surface area contributed by atoms with Gasteiger partial charge in [0, 0.05) is 11.3 Å². The normalized spacial score (nSPS) is 19.3. The second-order valence-corrected chi connectivity index (χ2v) is 7.65. The van der Waals surface area contributed by atoms with Gasteiger partial charge < -0.3 is 5.73 Å². The molecule has 3 N–H and O–H groups in total. The van der Waals surface area contributed by atoms with E-state index < -0.39 is 0 Å². The Morgan fingerprint density at radius 2 is 2.30 bits per heavy atom. The smallest absolute Gasteiger partial charge is 0.223 e. The van der Waals surface area contributed by atoms with Crippen LogP contribution in [-0.4, -0.2) is 20.7 Å². The van der Waals surface area contributed by atoms with Gasteiger partial charge >= 0.3 is 0 Å². The summed E-state index contributed by atoms with van der Waals surface area (Å²) < 4.78 is 1.21. The van der Waals surface area contributed by atoms with E-state index in [-0.39, 0.29) is 0 Å². The van der Waals surface area contributed by atoms with Crippen LogP contribution < -0.4 is 16.2 Å². The van der Waals surface area contributed by atoms with Gasteiger partial charge in [-0.05, 0) is 24.1 Å². The van der Waals surface area contributed by atoms with Gasteiger partial charge in [-0.2, -0.15) is 4.98 Å². The van der Waals surface area contributed by atoms with Gasteiger partial charge in [0.1, 0.15) is 5.03 Å². The largest absolute Gasteiger partial charge is 0.368 e. The van der Waals surface area contributed by atoms with Crippen molar-refractivity contribution in [1.82, 2.24) is 20.4 Å². The molecule has 1 atom stereocenters. The number of nitrogens with one attached hydrogen (secondary N) is 1. The van der Waals surface area contributed by atoms with Crippen molar-refractivity contribution in [2.75, 3.05) is 16.5 Å². The Balaban J connectivity index is 1.53. The summed E-state index contributed by atoms with van der Waals surface area (Å²) in [4.78, 5) is 13.2. The van der Waals surface area contributed by atoms with Crippen LogP contribution in [0, 0.1) is 0 Å². The van der Waals surface area contributed by atoms with Crippen molar-refractivity contribution in [2.24, 2.45) is 0 Å². The highest BCUT2D eigenvalue weighted by atomic mass is 32.2. The number of hydrazine groups is 1. The van der Waals surface area contributed by atoms with Crippen molar-refractivity contribution in [3.05, 3.63) is 34.8 Å². The molecule has 3 aromatic rings. The van der Waals surface area contributed by atoms with Crippen LogP contribution in [0.5, 0.6) is 0 Å². The van der Waals surface area contributed by atoms with E-state index in [0.717, 1.165) is 35.1 Å². The highest BCUT2D eigenvalue weighted by molar-refractivity contribution is 7.99. The molecule has 5 rings (SSSR count). The van der Waals surface area contributed by atoms with E-state index in [0.29, 0.717) is 12.0 Å². The summed E-state index contributed by atoms with van der Waals surface area (Å²) in [5, 5.41) is 3.13. The van der Waals surface area contributed by atoms with Crippen molar-refractivity contribution in [2.45, 2.75) is 24.0 Å². The van der Waals surface area contributed by atoms with E-state index in [2.05, 4.69) is 43.6 Å². The minimum atomic E-state index is 0.300. The quantitative estimate of drug-likeness (QED) is 0.693. The molecule has 23 heavy (non-hydrogen) atoms. The second kappa shape index (κ2) is 5.05. The molecule has 0 fully saturated rings. The van der Waals surface area contributed by atoms with Crippen molar-refractivity contribution >= 4 is 45.1 Å². The molecule has 4 heterocycles. The summed E-state index contributed by atoms with van der Waals surface area (Å²) in [7, 11) is 0. The van der Waals surface area contributed by atoms with Crippen LogP contribution in [0.2, 0.25) is 0 Å². The van der Waals surface area contributed by atoms with E-state index in [1.54, 1.807) is 23.1 Å². The first-order valence-corrected chi connectivity index (χ1v) is 9.30. The Morgan fingerprint density at radius 3 is 3.26 bits per heavy atom. The molecule has 2 aromatic heterocycles. The zero-order valence-corrected chi connectivity index (χ0v) is 13.8. The number of fused-ring (bicyclic) bond motifs is 1. The van der Waals surface area contributed by atoms with Crippen LogP contribution in [0.25, 0.3) is 10.2 Å². The molecule has 0 saturated carbocycles. The molecule has 8 heteroatoms. The van der Waals surface area contributed by atoms with E-state index in [1.807, 2.05) is 5.51 Å².